The molecule has 0 spiro atoms. The van der Waals surface area contributed by atoms with Crippen molar-refractivity contribution in [1.82, 2.24) is 4.90 Å². The lowest BCUT2D eigenvalue weighted by Gasteiger charge is -2.27. The van der Waals surface area contributed by atoms with Gasteiger partial charge in [0.15, 0.2) is 11.6 Å². The average Bonchev–Trinajstić information content (AvgIpc) is 2.98. The van der Waals surface area contributed by atoms with E-state index in [4.69, 9.17) is 18.9 Å². The van der Waals surface area contributed by atoms with Crippen LogP contribution in [0.25, 0.3) is 0 Å². The summed E-state index contributed by atoms with van der Waals surface area (Å²) in [7, 11) is 0. The lowest BCUT2D eigenvalue weighted by Crippen LogP contribution is -2.43. The Hall–Kier alpha value is -1.18. The van der Waals surface area contributed by atoms with Crippen molar-refractivity contribution >= 4 is 11.9 Å². The number of nitrogens with zero attached hydrogens (tertiary/aromatic N) is 1. The Morgan fingerprint density at radius 3 is 2.46 bits per heavy atom. The maximum Gasteiger partial charge on any atom is 0.410 e. The van der Waals surface area contributed by atoms with Crippen LogP contribution in [0, 0.1) is 0 Å². The van der Waals surface area contributed by atoms with Crippen molar-refractivity contribution in [2.45, 2.75) is 77.6 Å². The second-order valence-corrected chi connectivity index (χ2v) is 7.90. The molecule has 0 bridgehead atoms. The van der Waals surface area contributed by atoms with Crippen molar-refractivity contribution in [2.24, 2.45) is 0 Å². The van der Waals surface area contributed by atoms with E-state index in [9.17, 15) is 9.59 Å². The van der Waals surface area contributed by atoms with Gasteiger partial charge in [-0.1, -0.05) is 0 Å². The van der Waals surface area contributed by atoms with E-state index in [1.807, 2.05) is 13.8 Å². The molecule has 0 aromatic heterocycles. The van der Waals surface area contributed by atoms with Crippen LogP contribution in [0.1, 0.15) is 48.0 Å². The smallest absolute Gasteiger partial charge is 0.410 e. The molecule has 7 nitrogen and oxygen atoms in total. The van der Waals surface area contributed by atoms with Crippen LogP contribution >= 0.6 is 0 Å². The minimum Gasteiger partial charge on any atom is -0.444 e. The fourth-order valence-corrected chi connectivity index (χ4v) is 2.91. The highest BCUT2D eigenvalue weighted by atomic mass is 16.7. The molecule has 2 fully saturated rings. The largest absolute Gasteiger partial charge is 0.444 e. The summed E-state index contributed by atoms with van der Waals surface area (Å²) in [5, 5.41) is 0. The molecule has 138 valence electrons. The lowest BCUT2D eigenvalue weighted by atomic mass is 10.1. The molecule has 3 atom stereocenters. The molecular weight excluding hydrogens is 314 g/mol. The number of carbonyl (C=O) groups is 2. The number of hydrogen-bond acceptors (Lipinski definition) is 6. The van der Waals surface area contributed by atoms with E-state index in [0.29, 0.717) is 26.2 Å². The van der Waals surface area contributed by atoms with E-state index >= 15 is 0 Å². The molecule has 0 radical (unpaired) electrons. The molecule has 2 aliphatic heterocycles. The minimum absolute atomic E-state index is 0.0615. The van der Waals surface area contributed by atoms with Crippen LogP contribution in [-0.4, -0.2) is 66.2 Å². The summed E-state index contributed by atoms with van der Waals surface area (Å²) < 4.78 is 22.5. The molecule has 2 unspecified atom stereocenters. The van der Waals surface area contributed by atoms with Crippen molar-refractivity contribution in [3.05, 3.63) is 0 Å². The molecule has 1 amide bonds. The molecular formula is C17H29NO6. The molecule has 0 saturated carbocycles. The van der Waals surface area contributed by atoms with Crippen LogP contribution in [0.15, 0.2) is 0 Å². The molecule has 24 heavy (non-hydrogen) atoms. The highest BCUT2D eigenvalue weighted by Crippen LogP contribution is 2.26. The lowest BCUT2D eigenvalue weighted by molar-refractivity contribution is -0.147. The number of hydrogen-bond donors (Lipinski definition) is 0. The Morgan fingerprint density at radius 2 is 1.96 bits per heavy atom. The second-order valence-electron chi connectivity index (χ2n) is 7.90. The van der Waals surface area contributed by atoms with Gasteiger partial charge in [0.25, 0.3) is 0 Å². The minimum atomic E-state index is -0.599. The maximum absolute atomic E-state index is 12.3. The first-order valence-electron chi connectivity index (χ1n) is 8.40. The van der Waals surface area contributed by atoms with Crippen molar-refractivity contribution in [1.29, 1.82) is 0 Å². The molecule has 2 rings (SSSR count). The fraction of sp³-hybridized carbons (Fsp3) is 0.882. The van der Waals surface area contributed by atoms with Gasteiger partial charge in [0.2, 0.25) is 0 Å². The van der Waals surface area contributed by atoms with Gasteiger partial charge in [-0.25, -0.2) is 4.79 Å². The Morgan fingerprint density at radius 1 is 1.29 bits per heavy atom. The van der Waals surface area contributed by atoms with Crippen LogP contribution in [0.3, 0.4) is 0 Å². The molecule has 0 aliphatic carbocycles. The standard InChI is InChI=1S/C17H29NO6/c1-11(19)14-7-12(8-18(14)15(20)24-16(2,3)4)21-9-13-10-22-17(5,6)23-13/h12-14H,7-10H2,1-6H3/t12?,13?,14-/m1/s1. The third kappa shape index (κ3) is 5.16. The zero-order valence-corrected chi connectivity index (χ0v) is 15.5. The van der Waals surface area contributed by atoms with Crippen molar-refractivity contribution < 1.29 is 28.5 Å². The molecule has 2 aliphatic rings. The van der Waals surface area contributed by atoms with Gasteiger partial charge in [0.1, 0.15) is 11.7 Å². The third-order valence-electron chi connectivity index (χ3n) is 3.95. The summed E-state index contributed by atoms with van der Waals surface area (Å²) in [6.45, 7) is 11.8. The molecule has 2 heterocycles. The zero-order chi connectivity index (χ0) is 18.1. The monoisotopic (exact) mass is 343 g/mol. The quantitative estimate of drug-likeness (QED) is 0.778. The predicted octanol–water partition coefficient (Wildman–Crippen LogP) is 2.12. The van der Waals surface area contributed by atoms with Gasteiger partial charge in [-0.3, -0.25) is 9.69 Å². The summed E-state index contributed by atoms with van der Waals surface area (Å²) in [5.41, 5.74) is -0.599. The highest BCUT2D eigenvalue weighted by molar-refractivity contribution is 5.86. The summed E-state index contributed by atoms with van der Waals surface area (Å²) >= 11 is 0. The van der Waals surface area contributed by atoms with Gasteiger partial charge in [-0.15, -0.1) is 0 Å². The zero-order valence-electron chi connectivity index (χ0n) is 15.5. The van der Waals surface area contributed by atoms with Gasteiger partial charge in [-0.05, 0) is 41.5 Å². The maximum atomic E-state index is 12.3. The summed E-state index contributed by atoms with van der Waals surface area (Å²) in [4.78, 5) is 25.7. The fourth-order valence-electron chi connectivity index (χ4n) is 2.91. The number of likely N-dealkylation sites (tertiary alicyclic amines) is 1. The first-order valence-corrected chi connectivity index (χ1v) is 8.40. The first-order chi connectivity index (χ1) is 11.0. The summed E-state index contributed by atoms with van der Waals surface area (Å²) in [6.07, 6.45) is -0.341. The average molecular weight is 343 g/mol. The normalized spacial score (nSPS) is 29.8. The molecule has 0 aromatic carbocycles. The van der Waals surface area contributed by atoms with Crippen LogP contribution in [0.2, 0.25) is 0 Å². The SMILES string of the molecule is CC(=O)[C@H]1CC(OCC2COC(C)(C)O2)CN1C(=O)OC(C)(C)C. The van der Waals surface area contributed by atoms with Gasteiger partial charge in [0.05, 0.1) is 31.9 Å². The van der Waals surface area contributed by atoms with Crippen molar-refractivity contribution in [2.75, 3.05) is 19.8 Å². The predicted molar refractivity (Wildman–Crippen MR) is 86.7 cm³/mol. The van der Waals surface area contributed by atoms with Gasteiger partial charge < -0.3 is 18.9 Å². The van der Waals surface area contributed by atoms with Gasteiger partial charge >= 0.3 is 6.09 Å². The third-order valence-corrected chi connectivity index (χ3v) is 3.95. The number of amides is 1. The molecule has 7 heteroatoms. The van der Waals surface area contributed by atoms with Gasteiger partial charge in [0, 0.05) is 6.42 Å². The number of ketones is 1. The summed E-state index contributed by atoms with van der Waals surface area (Å²) in [5.74, 6) is -0.651. The molecule has 2 saturated heterocycles. The topological polar surface area (TPSA) is 74.3 Å². The van der Waals surface area contributed by atoms with E-state index in [0.717, 1.165) is 0 Å². The Bertz CT molecular complexity index is 484. The Kier molecular flexibility index (Phi) is 5.57. The second kappa shape index (κ2) is 6.98. The van der Waals surface area contributed by atoms with Crippen LogP contribution < -0.4 is 0 Å². The van der Waals surface area contributed by atoms with Crippen LogP contribution in [0.5, 0.6) is 0 Å². The van der Waals surface area contributed by atoms with E-state index in [2.05, 4.69) is 0 Å². The van der Waals surface area contributed by atoms with E-state index in [-0.39, 0.29) is 18.0 Å². The summed E-state index contributed by atoms with van der Waals surface area (Å²) in [6, 6.07) is -0.498. The van der Waals surface area contributed by atoms with E-state index < -0.39 is 23.5 Å². The first kappa shape index (κ1) is 19.1. The van der Waals surface area contributed by atoms with Gasteiger partial charge in [-0.2, -0.15) is 0 Å². The molecule has 0 N–H and O–H groups in total. The van der Waals surface area contributed by atoms with Crippen molar-refractivity contribution in [3.63, 3.8) is 0 Å². The number of Topliss-reactive ketones (excluding diaryl/α,β-unsaturated/α-hetero) is 1. The van der Waals surface area contributed by atoms with Crippen molar-refractivity contribution in [3.8, 4) is 0 Å². The van der Waals surface area contributed by atoms with E-state index in [1.54, 1.807) is 20.8 Å². The van der Waals surface area contributed by atoms with Crippen LogP contribution in [-0.2, 0) is 23.7 Å². The highest BCUT2D eigenvalue weighted by Gasteiger charge is 2.41. The Balaban J connectivity index is 1.90. The number of ether oxygens (including phenoxy) is 4. The Labute approximate surface area is 143 Å². The van der Waals surface area contributed by atoms with E-state index in [1.165, 1.54) is 11.8 Å². The number of carbonyl (C=O) groups excluding carboxylic acids is 2. The molecule has 0 aromatic rings. The van der Waals surface area contributed by atoms with Crippen LogP contribution in [0.4, 0.5) is 4.79 Å². The number of rotatable bonds is 4.